The summed E-state index contributed by atoms with van der Waals surface area (Å²) in [5.41, 5.74) is 4.04. The molecule has 0 saturated heterocycles. The average molecular weight is 336 g/mol. The summed E-state index contributed by atoms with van der Waals surface area (Å²) in [6.07, 6.45) is 0.800. The van der Waals surface area contributed by atoms with Crippen LogP contribution >= 0.6 is 11.3 Å². The highest BCUT2D eigenvalue weighted by Gasteiger charge is 2.10. The lowest BCUT2D eigenvalue weighted by molar-refractivity contribution is 0.0954. The number of rotatable bonds is 5. The van der Waals surface area contributed by atoms with Gasteiger partial charge in [-0.2, -0.15) is 0 Å². The molecule has 2 aromatic carbocycles. The largest absolute Gasteiger partial charge is 0.352 e. The Bertz CT molecular complexity index is 823. The Kier molecular flexibility index (Phi) is 5.06. The van der Waals surface area contributed by atoms with Gasteiger partial charge in [0.25, 0.3) is 5.91 Å². The maximum atomic E-state index is 12.1. The Morgan fingerprint density at radius 2 is 1.75 bits per heavy atom. The van der Waals surface area contributed by atoms with Crippen LogP contribution in [0.5, 0.6) is 0 Å². The standard InChI is InChI=1S/C20H20N2OS/c1-14-8-10-16(11-9-14)19(23)21-13-12-18-15(2)22-20(24-18)17-6-4-3-5-7-17/h3-11H,12-13H2,1-2H3,(H,21,23). The minimum Gasteiger partial charge on any atom is -0.352 e. The lowest BCUT2D eigenvalue weighted by Gasteiger charge is -2.05. The third-order valence-electron chi connectivity index (χ3n) is 3.86. The average Bonchev–Trinajstić information content (AvgIpc) is 2.97. The number of carbonyl (C=O) groups is 1. The quantitative estimate of drug-likeness (QED) is 0.750. The molecule has 1 heterocycles. The highest BCUT2D eigenvalue weighted by atomic mass is 32.1. The van der Waals surface area contributed by atoms with Crippen LogP contribution in [0, 0.1) is 13.8 Å². The molecule has 3 nitrogen and oxygen atoms in total. The number of aryl methyl sites for hydroxylation is 2. The molecule has 3 aromatic rings. The minimum atomic E-state index is -0.0274. The van der Waals surface area contributed by atoms with Gasteiger partial charge >= 0.3 is 0 Å². The molecule has 122 valence electrons. The minimum absolute atomic E-state index is 0.0274. The number of nitrogens with zero attached hydrogens (tertiary/aromatic N) is 1. The Morgan fingerprint density at radius 1 is 1.04 bits per heavy atom. The van der Waals surface area contributed by atoms with Gasteiger partial charge in [-0.15, -0.1) is 11.3 Å². The SMILES string of the molecule is Cc1ccc(C(=O)NCCc2sc(-c3ccccc3)nc2C)cc1. The fourth-order valence-electron chi connectivity index (χ4n) is 2.46. The number of hydrogen-bond acceptors (Lipinski definition) is 3. The number of thiazole rings is 1. The van der Waals surface area contributed by atoms with Crippen molar-refractivity contribution in [3.05, 3.63) is 76.3 Å². The van der Waals surface area contributed by atoms with Crippen molar-refractivity contribution in [2.45, 2.75) is 20.3 Å². The smallest absolute Gasteiger partial charge is 0.251 e. The molecule has 4 heteroatoms. The maximum Gasteiger partial charge on any atom is 0.251 e. The van der Waals surface area contributed by atoms with Crippen molar-refractivity contribution in [3.63, 3.8) is 0 Å². The molecular weight excluding hydrogens is 316 g/mol. The first-order chi connectivity index (χ1) is 11.6. The zero-order valence-electron chi connectivity index (χ0n) is 13.9. The molecule has 1 aromatic heterocycles. The number of carbonyl (C=O) groups excluding carboxylic acids is 1. The van der Waals surface area contributed by atoms with Crippen LogP contribution in [-0.2, 0) is 6.42 Å². The number of nitrogens with one attached hydrogen (secondary N) is 1. The van der Waals surface area contributed by atoms with Crippen LogP contribution < -0.4 is 5.32 Å². The monoisotopic (exact) mass is 336 g/mol. The van der Waals surface area contributed by atoms with Crippen LogP contribution in [0.15, 0.2) is 54.6 Å². The van der Waals surface area contributed by atoms with Gasteiger partial charge in [-0.3, -0.25) is 4.79 Å². The molecule has 0 aliphatic carbocycles. The molecule has 0 aliphatic heterocycles. The summed E-state index contributed by atoms with van der Waals surface area (Å²) < 4.78 is 0. The summed E-state index contributed by atoms with van der Waals surface area (Å²) in [6.45, 7) is 4.66. The van der Waals surface area contributed by atoms with Gasteiger partial charge in [-0.05, 0) is 26.0 Å². The van der Waals surface area contributed by atoms with E-state index in [0.717, 1.165) is 28.2 Å². The van der Waals surface area contributed by atoms with Gasteiger partial charge in [0.15, 0.2) is 0 Å². The zero-order chi connectivity index (χ0) is 16.9. The first kappa shape index (κ1) is 16.4. The van der Waals surface area contributed by atoms with Crippen LogP contribution in [-0.4, -0.2) is 17.4 Å². The lowest BCUT2D eigenvalue weighted by Crippen LogP contribution is -2.25. The number of benzene rings is 2. The summed E-state index contributed by atoms with van der Waals surface area (Å²) in [6, 6.07) is 17.8. The molecule has 0 atom stereocenters. The summed E-state index contributed by atoms with van der Waals surface area (Å²) in [4.78, 5) is 18.0. The molecule has 0 unspecified atom stereocenters. The van der Waals surface area contributed by atoms with Crippen molar-refractivity contribution in [1.82, 2.24) is 10.3 Å². The third-order valence-corrected chi connectivity index (χ3v) is 5.13. The van der Waals surface area contributed by atoms with Crippen molar-refractivity contribution >= 4 is 17.2 Å². The van der Waals surface area contributed by atoms with Crippen LogP contribution in [0.3, 0.4) is 0 Å². The second-order valence-corrected chi connectivity index (χ2v) is 6.85. The normalized spacial score (nSPS) is 10.6. The van der Waals surface area contributed by atoms with Crippen molar-refractivity contribution in [3.8, 4) is 10.6 Å². The highest BCUT2D eigenvalue weighted by Crippen LogP contribution is 2.27. The van der Waals surface area contributed by atoms with Crippen LogP contribution in [0.2, 0.25) is 0 Å². The van der Waals surface area contributed by atoms with E-state index in [0.29, 0.717) is 12.1 Å². The molecule has 3 rings (SSSR count). The van der Waals surface area contributed by atoms with Crippen LogP contribution in [0.1, 0.15) is 26.5 Å². The topological polar surface area (TPSA) is 42.0 Å². The molecule has 1 N–H and O–H groups in total. The van der Waals surface area contributed by atoms with Gasteiger partial charge in [0, 0.05) is 29.0 Å². The van der Waals surface area contributed by atoms with Crippen molar-refractivity contribution in [2.24, 2.45) is 0 Å². The molecule has 1 amide bonds. The first-order valence-electron chi connectivity index (χ1n) is 8.00. The first-order valence-corrected chi connectivity index (χ1v) is 8.82. The third kappa shape index (κ3) is 3.89. The van der Waals surface area contributed by atoms with Gasteiger partial charge in [-0.1, -0.05) is 48.0 Å². The van der Waals surface area contributed by atoms with Crippen molar-refractivity contribution < 1.29 is 4.79 Å². The Morgan fingerprint density at radius 3 is 2.46 bits per heavy atom. The van der Waals surface area contributed by atoms with E-state index < -0.39 is 0 Å². The van der Waals surface area contributed by atoms with Gasteiger partial charge in [0.2, 0.25) is 0 Å². The highest BCUT2D eigenvalue weighted by molar-refractivity contribution is 7.15. The molecular formula is C20H20N2OS. The van der Waals surface area contributed by atoms with E-state index in [1.165, 1.54) is 4.88 Å². The van der Waals surface area contributed by atoms with Crippen LogP contribution in [0.25, 0.3) is 10.6 Å². The maximum absolute atomic E-state index is 12.1. The summed E-state index contributed by atoms with van der Waals surface area (Å²) >= 11 is 1.70. The van der Waals surface area contributed by atoms with Crippen molar-refractivity contribution in [1.29, 1.82) is 0 Å². The number of amides is 1. The molecule has 0 aliphatic rings. The number of hydrogen-bond donors (Lipinski definition) is 1. The summed E-state index contributed by atoms with van der Waals surface area (Å²) in [5.74, 6) is -0.0274. The fraction of sp³-hybridized carbons (Fsp3) is 0.200. The van der Waals surface area contributed by atoms with E-state index >= 15 is 0 Å². The molecule has 0 bridgehead atoms. The second-order valence-electron chi connectivity index (χ2n) is 5.77. The predicted molar refractivity (Wildman–Crippen MR) is 99.5 cm³/mol. The Labute approximate surface area is 146 Å². The Balaban J connectivity index is 1.60. The molecule has 0 fully saturated rings. The van der Waals surface area contributed by atoms with E-state index in [2.05, 4.69) is 22.4 Å². The van der Waals surface area contributed by atoms with E-state index in [1.807, 2.05) is 56.3 Å². The van der Waals surface area contributed by atoms with Crippen LogP contribution in [0.4, 0.5) is 0 Å². The molecule has 0 radical (unpaired) electrons. The van der Waals surface area contributed by atoms with Crippen molar-refractivity contribution in [2.75, 3.05) is 6.54 Å². The lowest BCUT2D eigenvalue weighted by atomic mass is 10.1. The summed E-state index contributed by atoms with van der Waals surface area (Å²) in [7, 11) is 0. The van der Waals surface area contributed by atoms with E-state index in [4.69, 9.17) is 0 Å². The second kappa shape index (κ2) is 7.41. The van der Waals surface area contributed by atoms with E-state index in [-0.39, 0.29) is 5.91 Å². The zero-order valence-corrected chi connectivity index (χ0v) is 14.7. The van der Waals surface area contributed by atoms with Gasteiger partial charge < -0.3 is 5.32 Å². The molecule has 24 heavy (non-hydrogen) atoms. The van der Waals surface area contributed by atoms with E-state index in [1.54, 1.807) is 11.3 Å². The van der Waals surface area contributed by atoms with E-state index in [9.17, 15) is 4.79 Å². The van der Waals surface area contributed by atoms with Gasteiger partial charge in [-0.25, -0.2) is 4.98 Å². The van der Waals surface area contributed by atoms with Gasteiger partial charge in [0.05, 0.1) is 5.69 Å². The molecule has 0 saturated carbocycles. The summed E-state index contributed by atoms with van der Waals surface area (Å²) in [5, 5.41) is 4.02. The number of aromatic nitrogens is 1. The fourth-order valence-corrected chi connectivity index (χ4v) is 3.53. The molecule has 0 spiro atoms. The predicted octanol–water partition coefficient (Wildman–Crippen LogP) is 4.40. The van der Waals surface area contributed by atoms with Gasteiger partial charge in [0.1, 0.15) is 5.01 Å². The Hall–Kier alpha value is -2.46.